The van der Waals surface area contributed by atoms with Crippen molar-refractivity contribution in [3.8, 4) is 11.8 Å². The zero-order valence-corrected chi connectivity index (χ0v) is 15.0. The number of aliphatic hydroxyl groups is 2. The van der Waals surface area contributed by atoms with Crippen LogP contribution >= 0.6 is 0 Å². The number of hydrogen-bond acceptors (Lipinski definition) is 3. The van der Waals surface area contributed by atoms with Gasteiger partial charge in [0.25, 0.3) is 0 Å². The molecule has 6 atom stereocenters. The summed E-state index contributed by atoms with van der Waals surface area (Å²) in [7, 11) is 0. The zero-order valence-electron chi connectivity index (χ0n) is 15.0. The lowest BCUT2D eigenvalue weighted by Crippen LogP contribution is -2.50. The Hall–Kier alpha value is -1.31. The van der Waals surface area contributed by atoms with Gasteiger partial charge in [-0.25, -0.2) is 0 Å². The smallest absolute Gasteiger partial charge is 0.303 e. The molecule has 0 aromatic rings. The van der Waals surface area contributed by atoms with Crippen LogP contribution in [0, 0.1) is 41.4 Å². The lowest BCUT2D eigenvalue weighted by atomic mass is 9.51. The number of rotatable bonds is 4. The summed E-state index contributed by atoms with van der Waals surface area (Å²) in [5.41, 5.74) is 1.35. The fourth-order valence-electron chi connectivity index (χ4n) is 5.18. The fraction of sp³-hybridized carbons (Fsp3) is 0.762. The van der Waals surface area contributed by atoms with Crippen molar-refractivity contribution in [1.82, 2.24) is 0 Å². The van der Waals surface area contributed by atoms with Crippen molar-refractivity contribution in [1.29, 1.82) is 0 Å². The van der Waals surface area contributed by atoms with Gasteiger partial charge in [0.1, 0.15) is 6.10 Å². The molecule has 0 bridgehead atoms. The minimum absolute atomic E-state index is 0.0681. The lowest BCUT2D eigenvalue weighted by Gasteiger charge is -2.53. The van der Waals surface area contributed by atoms with Crippen LogP contribution in [0.2, 0.25) is 0 Å². The lowest BCUT2D eigenvalue weighted by molar-refractivity contribution is -0.136. The van der Waals surface area contributed by atoms with Gasteiger partial charge in [-0.2, -0.15) is 0 Å². The maximum atomic E-state index is 10.7. The van der Waals surface area contributed by atoms with Crippen LogP contribution in [0.25, 0.3) is 0 Å². The molecule has 3 aliphatic rings. The van der Waals surface area contributed by atoms with Crippen molar-refractivity contribution in [2.24, 2.45) is 29.6 Å². The maximum Gasteiger partial charge on any atom is 0.303 e. The third kappa shape index (κ3) is 3.93. The molecule has 0 aromatic heterocycles. The van der Waals surface area contributed by atoms with E-state index in [1.807, 2.05) is 0 Å². The molecule has 4 heteroatoms. The predicted octanol–water partition coefficient (Wildman–Crippen LogP) is 2.99. The number of hydrogen-bond donors (Lipinski definition) is 3. The van der Waals surface area contributed by atoms with E-state index in [1.54, 1.807) is 0 Å². The Morgan fingerprint density at radius 1 is 1.28 bits per heavy atom. The first-order valence-corrected chi connectivity index (χ1v) is 9.78. The summed E-state index contributed by atoms with van der Waals surface area (Å²) in [6, 6.07) is 0. The Morgan fingerprint density at radius 3 is 2.68 bits per heavy atom. The highest BCUT2D eigenvalue weighted by molar-refractivity contribution is 5.66. The number of allylic oxidation sites excluding steroid dienone is 2. The molecular weight excluding hydrogens is 316 g/mol. The molecule has 3 saturated carbocycles. The van der Waals surface area contributed by atoms with Crippen LogP contribution in [-0.2, 0) is 4.79 Å². The van der Waals surface area contributed by atoms with Gasteiger partial charge in [0.05, 0.1) is 12.0 Å². The van der Waals surface area contributed by atoms with E-state index in [4.69, 9.17) is 5.11 Å². The molecule has 3 rings (SSSR count). The normalized spacial score (nSPS) is 37.7. The molecule has 0 aromatic carbocycles. The number of aliphatic carboxylic acids is 1. The van der Waals surface area contributed by atoms with Crippen molar-refractivity contribution >= 4 is 5.97 Å². The number of carboxylic acids is 1. The third-order valence-electron chi connectivity index (χ3n) is 6.58. The Labute approximate surface area is 150 Å². The van der Waals surface area contributed by atoms with Gasteiger partial charge >= 0.3 is 5.97 Å². The summed E-state index contributed by atoms with van der Waals surface area (Å²) in [5, 5.41) is 29.5. The Morgan fingerprint density at radius 2 is 2.00 bits per heavy atom. The molecule has 0 amide bonds. The maximum absolute atomic E-state index is 10.7. The predicted molar refractivity (Wildman–Crippen MR) is 95.6 cm³/mol. The van der Waals surface area contributed by atoms with E-state index in [0.29, 0.717) is 30.1 Å². The number of aliphatic hydroxyl groups excluding tert-OH is 2. The van der Waals surface area contributed by atoms with Crippen molar-refractivity contribution in [2.75, 3.05) is 0 Å². The topological polar surface area (TPSA) is 77.8 Å². The van der Waals surface area contributed by atoms with Crippen molar-refractivity contribution in [3.05, 3.63) is 11.6 Å². The van der Waals surface area contributed by atoms with Gasteiger partial charge < -0.3 is 15.3 Å². The molecular formula is C21H30O4. The van der Waals surface area contributed by atoms with Crippen LogP contribution in [0.1, 0.15) is 58.3 Å². The van der Waals surface area contributed by atoms with Gasteiger partial charge in [-0.05, 0) is 55.8 Å². The summed E-state index contributed by atoms with van der Waals surface area (Å²) < 4.78 is 0. The second-order valence-electron chi connectivity index (χ2n) is 8.06. The van der Waals surface area contributed by atoms with Gasteiger partial charge in [0.15, 0.2) is 0 Å². The van der Waals surface area contributed by atoms with Gasteiger partial charge in [-0.3, -0.25) is 4.79 Å². The van der Waals surface area contributed by atoms with Crippen LogP contribution in [0.5, 0.6) is 0 Å². The second kappa shape index (κ2) is 7.93. The Bertz CT molecular complexity index is 578. The van der Waals surface area contributed by atoms with Crippen molar-refractivity contribution in [2.45, 2.75) is 70.5 Å². The summed E-state index contributed by atoms with van der Waals surface area (Å²) in [6.07, 6.45) is 8.05. The standard InChI is InChI=1S/C21H30O4/c1-13-15(7-4-8-20(24)25)16-9-12-19(23)17(21(13)16)10-11-18(22)14-5-2-3-6-14/h7,13-14,16-19,21-23H,2-6,8-9,12H2,1H3,(H,24,25)/b15-7-. The number of fused-ring (bicyclic) bond motifs is 1. The quantitative estimate of drug-likeness (QED) is 0.540. The zero-order chi connectivity index (χ0) is 18.0. The van der Waals surface area contributed by atoms with Crippen LogP contribution in [0.4, 0.5) is 0 Å². The number of carbonyl (C=O) groups is 1. The second-order valence-corrected chi connectivity index (χ2v) is 8.06. The first-order chi connectivity index (χ1) is 12.0. The van der Waals surface area contributed by atoms with E-state index in [2.05, 4.69) is 24.8 Å². The summed E-state index contributed by atoms with van der Waals surface area (Å²) in [4.78, 5) is 10.7. The van der Waals surface area contributed by atoms with Crippen LogP contribution in [0.15, 0.2) is 11.6 Å². The highest BCUT2D eigenvalue weighted by Gasteiger charge is 2.51. The van der Waals surface area contributed by atoms with Crippen LogP contribution in [-0.4, -0.2) is 33.5 Å². The first-order valence-electron chi connectivity index (χ1n) is 9.78. The highest BCUT2D eigenvalue weighted by Crippen LogP contribution is 2.55. The highest BCUT2D eigenvalue weighted by atomic mass is 16.4. The fourth-order valence-corrected chi connectivity index (χ4v) is 5.18. The Kier molecular flexibility index (Phi) is 5.86. The largest absolute Gasteiger partial charge is 0.481 e. The molecule has 0 saturated heterocycles. The monoisotopic (exact) mass is 346 g/mol. The Balaban J connectivity index is 1.66. The average molecular weight is 346 g/mol. The molecule has 3 N–H and O–H groups in total. The minimum atomic E-state index is -0.760. The molecule has 0 heterocycles. The van der Waals surface area contributed by atoms with E-state index >= 15 is 0 Å². The molecule has 3 fully saturated rings. The van der Waals surface area contributed by atoms with E-state index < -0.39 is 18.2 Å². The average Bonchev–Trinajstić information content (AvgIpc) is 3.11. The molecule has 0 radical (unpaired) electrons. The summed E-state index contributed by atoms with van der Waals surface area (Å²) in [5.74, 6) is 6.86. The van der Waals surface area contributed by atoms with E-state index in [1.165, 1.54) is 18.4 Å². The molecule has 0 spiro atoms. The van der Waals surface area contributed by atoms with Crippen molar-refractivity contribution in [3.63, 3.8) is 0 Å². The molecule has 25 heavy (non-hydrogen) atoms. The van der Waals surface area contributed by atoms with Gasteiger partial charge in [-0.15, -0.1) is 0 Å². The van der Waals surface area contributed by atoms with Crippen molar-refractivity contribution < 1.29 is 20.1 Å². The SMILES string of the molecule is CC1/C(=C/CCC(=O)O)C2CCC(O)C(C#CC(O)C3CCCC3)C12. The minimum Gasteiger partial charge on any atom is -0.481 e. The van der Waals surface area contributed by atoms with Crippen LogP contribution in [0.3, 0.4) is 0 Å². The van der Waals surface area contributed by atoms with E-state index in [-0.39, 0.29) is 12.3 Å². The molecule has 4 nitrogen and oxygen atoms in total. The molecule has 3 aliphatic carbocycles. The summed E-state index contributed by atoms with van der Waals surface area (Å²) >= 11 is 0. The van der Waals surface area contributed by atoms with Gasteiger partial charge in [-0.1, -0.05) is 43.3 Å². The first kappa shape index (κ1) is 18.5. The van der Waals surface area contributed by atoms with Crippen LogP contribution < -0.4 is 0 Å². The third-order valence-corrected chi connectivity index (χ3v) is 6.58. The summed E-state index contributed by atoms with van der Waals surface area (Å²) in [6.45, 7) is 2.16. The number of carboxylic acid groups (broad SMARTS) is 1. The van der Waals surface area contributed by atoms with E-state index in [0.717, 1.165) is 25.7 Å². The molecule has 138 valence electrons. The molecule has 6 unspecified atom stereocenters. The molecule has 0 aliphatic heterocycles. The van der Waals surface area contributed by atoms with Gasteiger partial charge in [0.2, 0.25) is 0 Å². The van der Waals surface area contributed by atoms with Gasteiger partial charge in [0, 0.05) is 6.42 Å². The van der Waals surface area contributed by atoms with E-state index in [9.17, 15) is 15.0 Å².